The van der Waals surface area contributed by atoms with E-state index in [1.54, 1.807) is 0 Å². The maximum Gasteiger partial charge on any atom is 0.261 e. The number of hydrogen-bond acceptors (Lipinski definition) is 3. The van der Waals surface area contributed by atoms with E-state index < -0.39 is 5.82 Å². The van der Waals surface area contributed by atoms with Gasteiger partial charge in [-0.25, -0.2) is 9.37 Å². The Morgan fingerprint density at radius 2 is 1.73 bits per heavy atom. The molecule has 0 radical (unpaired) electrons. The summed E-state index contributed by atoms with van der Waals surface area (Å²) in [6.07, 6.45) is 1.43. The zero-order valence-corrected chi connectivity index (χ0v) is 13.8. The highest BCUT2D eigenvalue weighted by molar-refractivity contribution is 5.77. The van der Waals surface area contributed by atoms with Gasteiger partial charge < -0.3 is 4.74 Å². The summed E-state index contributed by atoms with van der Waals surface area (Å²) in [7, 11) is 0. The van der Waals surface area contributed by atoms with Gasteiger partial charge in [0.15, 0.2) is 0 Å². The van der Waals surface area contributed by atoms with Gasteiger partial charge in [0.25, 0.3) is 5.56 Å². The first-order chi connectivity index (χ1) is 12.7. The Hall–Kier alpha value is -3.47. The van der Waals surface area contributed by atoms with Gasteiger partial charge in [0.05, 0.1) is 23.8 Å². The molecule has 4 aromatic rings. The predicted molar refractivity (Wildman–Crippen MR) is 98.0 cm³/mol. The molecule has 128 valence electrons. The summed E-state index contributed by atoms with van der Waals surface area (Å²) in [5.41, 5.74) is 0.978. The second kappa shape index (κ2) is 6.80. The Balaban J connectivity index is 1.70. The molecule has 26 heavy (non-hydrogen) atoms. The van der Waals surface area contributed by atoms with Crippen LogP contribution < -0.4 is 10.3 Å². The molecular weight excluding hydrogens is 331 g/mol. The largest absolute Gasteiger partial charge is 0.457 e. The Kier molecular flexibility index (Phi) is 4.19. The molecule has 3 aromatic carbocycles. The average Bonchev–Trinajstić information content (AvgIpc) is 2.66. The van der Waals surface area contributed by atoms with E-state index in [2.05, 4.69) is 4.98 Å². The third-order valence-corrected chi connectivity index (χ3v) is 4.07. The van der Waals surface area contributed by atoms with E-state index in [1.165, 1.54) is 29.1 Å². The molecule has 0 bridgehead atoms. The van der Waals surface area contributed by atoms with E-state index in [4.69, 9.17) is 4.74 Å². The van der Waals surface area contributed by atoms with Crippen LogP contribution in [0, 0.1) is 5.82 Å². The third kappa shape index (κ3) is 3.19. The van der Waals surface area contributed by atoms with Crippen molar-refractivity contribution in [3.63, 3.8) is 0 Å². The number of nitrogens with zero attached hydrogens (tertiary/aromatic N) is 2. The normalized spacial score (nSPS) is 10.8. The van der Waals surface area contributed by atoms with Gasteiger partial charge in [0.1, 0.15) is 17.3 Å². The fourth-order valence-corrected chi connectivity index (χ4v) is 2.78. The highest BCUT2D eigenvalue weighted by Crippen LogP contribution is 2.25. The summed E-state index contributed by atoms with van der Waals surface area (Å²) in [6.45, 7) is 0.308. The van der Waals surface area contributed by atoms with Crippen LogP contribution in [0.15, 0.2) is 83.9 Å². The van der Waals surface area contributed by atoms with E-state index in [1.807, 2.05) is 54.6 Å². The number of benzene rings is 3. The molecule has 0 spiro atoms. The first-order valence-electron chi connectivity index (χ1n) is 8.16. The van der Waals surface area contributed by atoms with Crippen LogP contribution in [0.2, 0.25) is 0 Å². The molecular formula is C21H15FN2O2. The molecule has 0 aliphatic rings. The van der Waals surface area contributed by atoms with Crippen molar-refractivity contribution in [2.75, 3.05) is 0 Å². The summed E-state index contributed by atoms with van der Waals surface area (Å²) < 4.78 is 20.7. The lowest BCUT2D eigenvalue weighted by Crippen LogP contribution is -2.21. The maximum absolute atomic E-state index is 13.3. The maximum atomic E-state index is 13.3. The lowest BCUT2D eigenvalue weighted by molar-refractivity contribution is 0.473. The fourth-order valence-electron chi connectivity index (χ4n) is 2.78. The Labute approximate surface area is 149 Å². The molecule has 0 saturated carbocycles. The molecule has 0 aliphatic carbocycles. The molecule has 1 aromatic heterocycles. The SMILES string of the molecule is O=c1c2ccc(F)cc2ncn1Cc1ccccc1Oc1ccccc1. The number of para-hydroxylation sites is 2. The van der Waals surface area contributed by atoms with Gasteiger partial charge in [-0.1, -0.05) is 36.4 Å². The number of rotatable bonds is 4. The summed E-state index contributed by atoms with van der Waals surface area (Å²) >= 11 is 0. The minimum atomic E-state index is -0.413. The second-order valence-corrected chi connectivity index (χ2v) is 5.86. The van der Waals surface area contributed by atoms with Crippen molar-refractivity contribution in [2.45, 2.75) is 6.54 Å². The van der Waals surface area contributed by atoms with Gasteiger partial charge in [-0.3, -0.25) is 9.36 Å². The van der Waals surface area contributed by atoms with Crippen LogP contribution in [0.4, 0.5) is 4.39 Å². The van der Waals surface area contributed by atoms with Crippen LogP contribution in [-0.2, 0) is 6.54 Å². The number of aromatic nitrogens is 2. The molecule has 0 N–H and O–H groups in total. The highest BCUT2D eigenvalue weighted by atomic mass is 19.1. The molecule has 0 fully saturated rings. The minimum absolute atomic E-state index is 0.218. The average molecular weight is 346 g/mol. The second-order valence-electron chi connectivity index (χ2n) is 5.86. The lowest BCUT2D eigenvalue weighted by atomic mass is 10.2. The number of ether oxygens (including phenoxy) is 1. The Morgan fingerprint density at radius 3 is 2.58 bits per heavy atom. The first kappa shape index (κ1) is 16.0. The van der Waals surface area contributed by atoms with Gasteiger partial charge in [-0.15, -0.1) is 0 Å². The van der Waals surface area contributed by atoms with Crippen molar-refractivity contribution in [2.24, 2.45) is 0 Å². The van der Waals surface area contributed by atoms with Crippen LogP contribution in [0.3, 0.4) is 0 Å². The van der Waals surface area contributed by atoms with E-state index in [0.29, 0.717) is 23.2 Å². The predicted octanol–water partition coefficient (Wildman–Crippen LogP) is 4.38. The van der Waals surface area contributed by atoms with Crippen molar-refractivity contribution in [3.05, 3.63) is 101 Å². The van der Waals surface area contributed by atoms with E-state index in [-0.39, 0.29) is 5.56 Å². The molecule has 0 aliphatic heterocycles. The van der Waals surface area contributed by atoms with Crippen LogP contribution in [0.5, 0.6) is 11.5 Å². The molecule has 4 nitrogen and oxygen atoms in total. The topological polar surface area (TPSA) is 44.1 Å². The Bertz CT molecular complexity index is 1120. The van der Waals surface area contributed by atoms with Gasteiger partial charge in [0, 0.05) is 11.6 Å². The van der Waals surface area contributed by atoms with Gasteiger partial charge >= 0.3 is 0 Å². The van der Waals surface area contributed by atoms with Crippen molar-refractivity contribution in [3.8, 4) is 11.5 Å². The van der Waals surface area contributed by atoms with E-state index >= 15 is 0 Å². The Morgan fingerprint density at radius 1 is 0.962 bits per heavy atom. The van der Waals surface area contributed by atoms with E-state index in [9.17, 15) is 9.18 Å². The monoisotopic (exact) mass is 346 g/mol. The summed E-state index contributed by atoms with van der Waals surface area (Å²) in [4.78, 5) is 16.9. The van der Waals surface area contributed by atoms with E-state index in [0.717, 1.165) is 11.3 Å². The van der Waals surface area contributed by atoms with Crippen molar-refractivity contribution >= 4 is 10.9 Å². The molecule has 0 unspecified atom stereocenters. The summed E-state index contributed by atoms with van der Waals surface area (Å²) in [6, 6.07) is 21.0. The molecule has 0 amide bonds. The quantitative estimate of drug-likeness (QED) is 0.551. The number of hydrogen-bond donors (Lipinski definition) is 0. The summed E-state index contributed by atoms with van der Waals surface area (Å²) in [5, 5.41) is 0.385. The van der Waals surface area contributed by atoms with Crippen LogP contribution >= 0.6 is 0 Å². The van der Waals surface area contributed by atoms with Crippen LogP contribution in [-0.4, -0.2) is 9.55 Å². The highest BCUT2D eigenvalue weighted by Gasteiger charge is 2.09. The van der Waals surface area contributed by atoms with Crippen molar-refractivity contribution in [1.82, 2.24) is 9.55 Å². The smallest absolute Gasteiger partial charge is 0.261 e. The molecule has 1 heterocycles. The van der Waals surface area contributed by atoms with Gasteiger partial charge in [-0.05, 0) is 30.3 Å². The third-order valence-electron chi connectivity index (χ3n) is 4.07. The standard InChI is InChI=1S/C21H15FN2O2/c22-16-10-11-18-19(12-16)23-14-24(21(18)25)13-15-6-4-5-9-20(15)26-17-7-2-1-3-8-17/h1-12,14H,13H2. The number of halogens is 1. The molecule has 5 heteroatoms. The lowest BCUT2D eigenvalue weighted by Gasteiger charge is -2.12. The number of fused-ring (bicyclic) bond motifs is 1. The fraction of sp³-hybridized carbons (Fsp3) is 0.0476. The van der Waals surface area contributed by atoms with Crippen LogP contribution in [0.1, 0.15) is 5.56 Å². The van der Waals surface area contributed by atoms with Crippen molar-refractivity contribution < 1.29 is 9.13 Å². The molecule has 0 atom stereocenters. The zero-order chi connectivity index (χ0) is 17.9. The van der Waals surface area contributed by atoms with Crippen molar-refractivity contribution in [1.29, 1.82) is 0 Å². The molecule has 0 saturated heterocycles. The van der Waals surface area contributed by atoms with Crippen LogP contribution in [0.25, 0.3) is 10.9 Å². The first-order valence-corrected chi connectivity index (χ1v) is 8.16. The zero-order valence-electron chi connectivity index (χ0n) is 13.8. The summed E-state index contributed by atoms with van der Waals surface area (Å²) in [5.74, 6) is 0.980. The van der Waals surface area contributed by atoms with Gasteiger partial charge in [-0.2, -0.15) is 0 Å². The minimum Gasteiger partial charge on any atom is -0.457 e. The van der Waals surface area contributed by atoms with Gasteiger partial charge in [0.2, 0.25) is 0 Å². The molecule has 4 rings (SSSR count).